The molecule has 138 valence electrons. The van der Waals surface area contributed by atoms with E-state index in [-0.39, 0.29) is 5.54 Å². The highest BCUT2D eigenvalue weighted by Crippen LogP contribution is 2.20. The predicted octanol–water partition coefficient (Wildman–Crippen LogP) is 1.10. The number of ether oxygens (including phenoxy) is 1. The second-order valence-electron chi connectivity index (χ2n) is 7.44. The maximum Gasteiger partial charge on any atom is 0.254 e. The van der Waals surface area contributed by atoms with Gasteiger partial charge in [0, 0.05) is 51.4 Å². The van der Waals surface area contributed by atoms with Crippen molar-refractivity contribution in [2.75, 3.05) is 52.2 Å². The van der Waals surface area contributed by atoms with Crippen LogP contribution >= 0.6 is 0 Å². The fourth-order valence-corrected chi connectivity index (χ4v) is 3.09. The molecule has 1 aliphatic rings. The fourth-order valence-electron chi connectivity index (χ4n) is 3.09. The molecule has 0 bridgehead atoms. The average molecular weight is 347 g/mol. The number of nitrogens with one attached hydrogen (secondary N) is 1. The van der Waals surface area contributed by atoms with Gasteiger partial charge in [0.1, 0.15) is 12.1 Å². The fraction of sp³-hybridized carbons (Fsp3) is 0.706. The smallest absolute Gasteiger partial charge is 0.254 e. The van der Waals surface area contributed by atoms with E-state index < -0.39 is 0 Å². The number of anilines is 1. The van der Waals surface area contributed by atoms with E-state index >= 15 is 0 Å². The Hall–Kier alpha value is -1.77. The molecule has 1 fully saturated rings. The number of nitrogens with zero attached hydrogens (tertiary/aromatic N) is 6. The standard InChI is InChI=1S/C17H29N7O/c1-17(2,5-6-23-9-7-22(3)8-10-23)21-15-11-14(12-25-4)20-16-18-13-19-24(15)16/h11,13,21H,5-10,12H2,1-4H3. The molecule has 1 N–H and O–H groups in total. The highest BCUT2D eigenvalue weighted by Gasteiger charge is 2.22. The first kappa shape index (κ1) is 18.0. The van der Waals surface area contributed by atoms with E-state index in [0.717, 1.165) is 50.7 Å². The van der Waals surface area contributed by atoms with Crippen molar-refractivity contribution in [2.45, 2.75) is 32.4 Å². The number of piperazine rings is 1. The van der Waals surface area contributed by atoms with E-state index in [1.807, 2.05) is 6.07 Å². The number of aromatic nitrogens is 4. The minimum Gasteiger partial charge on any atom is -0.378 e. The third-order valence-electron chi connectivity index (χ3n) is 4.71. The predicted molar refractivity (Wildman–Crippen MR) is 97.8 cm³/mol. The zero-order valence-corrected chi connectivity index (χ0v) is 15.7. The third-order valence-corrected chi connectivity index (χ3v) is 4.71. The van der Waals surface area contributed by atoms with Crippen molar-refractivity contribution in [2.24, 2.45) is 0 Å². The molecule has 0 aromatic carbocycles. The molecule has 0 aliphatic carbocycles. The van der Waals surface area contributed by atoms with Crippen LogP contribution in [0.1, 0.15) is 26.0 Å². The highest BCUT2D eigenvalue weighted by molar-refractivity contribution is 5.46. The summed E-state index contributed by atoms with van der Waals surface area (Å²) in [6.07, 6.45) is 2.58. The van der Waals surface area contributed by atoms with Gasteiger partial charge in [-0.1, -0.05) is 0 Å². The number of fused-ring (bicyclic) bond motifs is 1. The molecule has 3 heterocycles. The molecule has 0 amide bonds. The van der Waals surface area contributed by atoms with Gasteiger partial charge in [-0.05, 0) is 27.3 Å². The molecule has 8 nitrogen and oxygen atoms in total. The summed E-state index contributed by atoms with van der Waals surface area (Å²) in [4.78, 5) is 13.6. The summed E-state index contributed by atoms with van der Waals surface area (Å²) in [5, 5.41) is 7.91. The Morgan fingerprint density at radius 2 is 2.00 bits per heavy atom. The van der Waals surface area contributed by atoms with Gasteiger partial charge in [-0.3, -0.25) is 0 Å². The van der Waals surface area contributed by atoms with Crippen LogP contribution in [0.5, 0.6) is 0 Å². The van der Waals surface area contributed by atoms with Crippen LogP contribution in [-0.2, 0) is 11.3 Å². The summed E-state index contributed by atoms with van der Waals surface area (Å²) >= 11 is 0. The number of hydrogen-bond acceptors (Lipinski definition) is 7. The lowest BCUT2D eigenvalue weighted by Gasteiger charge is -2.35. The Balaban J connectivity index is 1.67. The second-order valence-corrected chi connectivity index (χ2v) is 7.44. The Morgan fingerprint density at radius 3 is 2.72 bits per heavy atom. The van der Waals surface area contributed by atoms with E-state index in [2.05, 4.69) is 51.1 Å². The zero-order chi connectivity index (χ0) is 17.9. The number of rotatable bonds is 7. The van der Waals surface area contributed by atoms with Crippen molar-refractivity contribution in [1.29, 1.82) is 0 Å². The Morgan fingerprint density at radius 1 is 1.24 bits per heavy atom. The van der Waals surface area contributed by atoms with Crippen molar-refractivity contribution in [3.05, 3.63) is 18.1 Å². The van der Waals surface area contributed by atoms with Crippen LogP contribution < -0.4 is 5.32 Å². The molecule has 0 atom stereocenters. The van der Waals surface area contributed by atoms with Gasteiger partial charge in [0.05, 0.1) is 12.3 Å². The first-order valence-electron chi connectivity index (χ1n) is 8.84. The lowest BCUT2D eigenvalue weighted by atomic mass is 10.00. The zero-order valence-electron chi connectivity index (χ0n) is 15.7. The van der Waals surface area contributed by atoms with Crippen LogP contribution in [0.25, 0.3) is 5.78 Å². The summed E-state index contributed by atoms with van der Waals surface area (Å²) in [7, 11) is 3.86. The monoisotopic (exact) mass is 347 g/mol. The van der Waals surface area contributed by atoms with Crippen molar-refractivity contribution in [3.63, 3.8) is 0 Å². The van der Waals surface area contributed by atoms with Gasteiger partial charge in [0.15, 0.2) is 0 Å². The summed E-state index contributed by atoms with van der Waals surface area (Å²) < 4.78 is 6.96. The normalized spacial score (nSPS) is 17.3. The summed E-state index contributed by atoms with van der Waals surface area (Å²) in [6, 6.07) is 1.99. The maximum absolute atomic E-state index is 5.22. The molecular weight excluding hydrogens is 318 g/mol. The Labute approximate surface area is 149 Å². The van der Waals surface area contributed by atoms with Gasteiger partial charge < -0.3 is 19.9 Å². The molecule has 2 aromatic heterocycles. The maximum atomic E-state index is 5.22. The number of likely N-dealkylation sites (N-methyl/N-ethyl adjacent to an activating group) is 1. The molecule has 25 heavy (non-hydrogen) atoms. The molecule has 1 saturated heterocycles. The largest absolute Gasteiger partial charge is 0.378 e. The molecule has 3 rings (SSSR count). The van der Waals surface area contributed by atoms with Gasteiger partial charge in [0.25, 0.3) is 5.78 Å². The van der Waals surface area contributed by atoms with Gasteiger partial charge in [0.2, 0.25) is 0 Å². The summed E-state index contributed by atoms with van der Waals surface area (Å²) in [6.45, 7) is 10.6. The van der Waals surface area contributed by atoms with E-state index in [1.165, 1.54) is 6.33 Å². The molecule has 0 spiro atoms. The SMILES string of the molecule is COCc1cc(NC(C)(C)CCN2CCN(C)CC2)n2ncnc2n1. The van der Waals surface area contributed by atoms with Crippen molar-refractivity contribution in [1.82, 2.24) is 29.4 Å². The molecule has 0 unspecified atom stereocenters. The highest BCUT2D eigenvalue weighted by atomic mass is 16.5. The molecular formula is C17H29N7O. The lowest BCUT2D eigenvalue weighted by molar-refractivity contribution is 0.147. The molecule has 1 aliphatic heterocycles. The van der Waals surface area contributed by atoms with Crippen LogP contribution in [0.3, 0.4) is 0 Å². The molecule has 2 aromatic rings. The van der Waals surface area contributed by atoms with Crippen LogP contribution in [0, 0.1) is 0 Å². The average Bonchev–Trinajstić information content (AvgIpc) is 3.03. The molecule has 8 heteroatoms. The number of methoxy groups -OCH3 is 1. The van der Waals surface area contributed by atoms with E-state index in [0.29, 0.717) is 12.4 Å². The minimum atomic E-state index is -0.0616. The first-order valence-corrected chi connectivity index (χ1v) is 8.84. The van der Waals surface area contributed by atoms with Crippen molar-refractivity contribution in [3.8, 4) is 0 Å². The summed E-state index contributed by atoms with van der Waals surface area (Å²) in [5.41, 5.74) is 0.786. The quantitative estimate of drug-likeness (QED) is 0.804. The van der Waals surface area contributed by atoms with Crippen LogP contribution in [0.2, 0.25) is 0 Å². The van der Waals surface area contributed by atoms with E-state index in [1.54, 1.807) is 11.6 Å². The van der Waals surface area contributed by atoms with Gasteiger partial charge in [-0.2, -0.15) is 14.6 Å². The van der Waals surface area contributed by atoms with Crippen LogP contribution in [0.4, 0.5) is 5.82 Å². The third kappa shape index (κ3) is 4.65. The first-order chi connectivity index (χ1) is 12.0. The molecule has 0 radical (unpaired) electrons. The minimum absolute atomic E-state index is 0.0616. The number of hydrogen-bond donors (Lipinski definition) is 1. The van der Waals surface area contributed by atoms with Crippen molar-refractivity contribution >= 4 is 11.6 Å². The topological polar surface area (TPSA) is 70.8 Å². The van der Waals surface area contributed by atoms with E-state index in [4.69, 9.17) is 4.74 Å². The molecule has 0 saturated carbocycles. The van der Waals surface area contributed by atoms with Crippen LogP contribution in [0.15, 0.2) is 12.4 Å². The van der Waals surface area contributed by atoms with E-state index in [9.17, 15) is 0 Å². The van der Waals surface area contributed by atoms with Gasteiger partial charge in [-0.15, -0.1) is 0 Å². The van der Waals surface area contributed by atoms with Crippen LogP contribution in [-0.4, -0.2) is 81.8 Å². The lowest BCUT2D eigenvalue weighted by Crippen LogP contribution is -2.46. The van der Waals surface area contributed by atoms with Gasteiger partial charge >= 0.3 is 0 Å². The Bertz CT molecular complexity index is 691. The Kier molecular flexibility index (Phi) is 5.51. The van der Waals surface area contributed by atoms with Gasteiger partial charge in [-0.25, -0.2) is 4.98 Å². The second kappa shape index (κ2) is 7.63. The van der Waals surface area contributed by atoms with Crippen molar-refractivity contribution < 1.29 is 4.74 Å². The summed E-state index contributed by atoms with van der Waals surface area (Å²) in [5.74, 6) is 1.49.